The number of aromatic hydroxyl groups is 1. The first kappa shape index (κ1) is 17.0. The van der Waals surface area contributed by atoms with E-state index in [-0.39, 0.29) is 30.5 Å². The number of ether oxygens (including phenoxy) is 2. The Kier molecular flexibility index (Phi) is 7.05. The number of methoxy groups -OCH3 is 2. The zero-order valence-corrected chi connectivity index (χ0v) is 12.4. The molecule has 0 bridgehead atoms. The molecule has 0 aliphatic heterocycles. The quantitative estimate of drug-likeness (QED) is 0.821. The maximum Gasteiger partial charge on any atom is 0.307 e. The number of carbonyl (C=O) groups is 1. The number of phenolic OH excluding ortho intramolecular Hbond substituents is 1. The molecular formula is C11H15BrClNO4. The Morgan fingerprint density at radius 3 is 2.61 bits per heavy atom. The molecule has 0 spiro atoms. The van der Waals surface area contributed by atoms with E-state index >= 15 is 0 Å². The monoisotopic (exact) mass is 339 g/mol. The van der Waals surface area contributed by atoms with Crippen LogP contribution in [0.5, 0.6) is 11.5 Å². The van der Waals surface area contributed by atoms with Gasteiger partial charge in [0, 0.05) is 6.04 Å². The molecule has 1 atom stereocenters. The van der Waals surface area contributed by atoms with Crippen LogP contribution in [0.15, 0.2) is 16.6 Å². The highest BCUT2D eigenvalue weighted by Crippen LogP contribution is 2.36. The first-order chi connectivity index (χ1) is 7.99. The van der Waals surface area contributed by atoms with Gasteiger partial charge in [0.2, 0.25) is 0 Å². The molecule has 1 rings (SSSR count). The lowest BCUT2D eigenvalue weighted by Gasteiger charge is -2.14. The van der Waals surface area contributed by atoms with Gasteiger partial charge in [-0.3, -0.25) is 4.79 Å². The molecule has 3 N–H and O–H groups in total. The van der Waals surface area contributed by atoms with E-state index in [4.69, 9.17) is 10.5 Å². The van der Waals surface area contributed by atoms with Crippen molar-refractivity contribution in [2.45, 2.75) is 12.5 Å². The average Bonchev–Trinajstić information content (AvgIpc) is 2.32. The minimum absolute atomic E-state index is 0. The molecule has 0 aromatic heterocycles. The van der Waals surface area contributed by atoms with Crippen molar-refractivity contribution in [3.8, 4) is 11.5 Å². The molecule has 1 aromatic rings. The van der Waals surface area contributed by atoms with E-state index in [0.29, 0.717) is 15.8 Å². The first-order valence-electron chi connectivity index (χ1n) is 4.88. The van der Waals surface area contributed by atoms with Crippen LogP contribution in [-0.2, 0) is 9.53 Å². The smallest absolute Gasteiger partial charge is 0.307 e. The van der Waals surface area contributed by atoms with Crippen LogP contribution >= 0.6 is 28.3 Å². The van der Waals surface area contributed by atoms with Crippen molar-refractivity contribution >= 4 is 34.3 Å². The number of carbonyl (C=O) groups excluding carboxylic acids is 1. The van der Waals surface area contributed by atoms with E-state index in [1.165, 1.54) is 14.2 Å². The summed E-state index contributed by atoms with van der Waals surface area (Å²) in [5.74, 6) is -0.0862. The summed E-state index contributed by atoms with van der Waals surface area (Å²) in [5, 5.41) is 9.63. The second-order valence-corrected chi connectivity index (χ2v) is 4.29. The molecule has 0 saturated carbocycles. The predicted molar refractivity (Wildman–Crippen MR) is 73.2 cm³/mol. The summed E-state index contributed by atoms with van der Waals surface area (Å²) in [5.41, 5.74) is 6.53. The van der Waals surface area contributed by atoms with Crippen LogP contribution in [-0.4, -0.2) is 25.3 Å². The maximum absolute atomic E-state index is 11.1. The Labute approximate surface area is 120 Å². The molecule has 0 aliphatic rings. The molecule has 7 heteroatoms. The third-order valence-electron chi connectivity index (χ3n) is 2.31. The van der Waals surface area contributed by atoms with E-state index < -0.39 is 6.04 Å². The lowest BCUT2D eigenvalue weighted by Crippen LogP contribution is -2.16. The fourth-order valence-electron chi connectivity index (χ4n) is 1.34. The van der Waals surface area contributed by atoms with Gasteiger partial charge in [-0.05, 0) is 33.6 Å². The second kappa shape index (κ2) is 7.45. The topological polar surface area (TPSA) is 81.8 Å². The molecule has 0 aliphatic carbocycles. The molecule has 0 saturated heterocycles. The van der Waals surface area contributed by atoms with Gasteiger partial charge in [0.15, 0.2) is 11.5 Å². The highest BCUT2D eigenvalue weighted by atomic mass is 79.9. The number of esters is 1. The van der Waals surface area contributed by atoms with Crippen molar-refractivity contribution < 1.29 is 19.4 Å². The molecule has 0 radical (unpaired) electrons. The van der Waals surface area contributed by atoms with Crippen molar-refractivity contribution in [2.24, 2.45) is 5.73 Å². The fraction of sp³-hybridized carbons (Fsp3) is 0.364. The Morgan fingerprint density at radius 1 is 1.50 bits per heavy atom. The molecule has 0 amide bonds. The minimum atomic E-state index is -0.506. The highest BCUT2D eigenvalue weighted by molar-refractivity contribution is 9.10. The third-order valence-corrected chi connectivity index (χ3v) is 2.92. The van der Waals surface area contributed by atoms with Crippen molar-refractivity contribution in [3.05, 3.63) is 22.2 Å². The summed E-state index contributed by atoms with van der Waals surface area (Å²) in [4.78, 5) is 11.1. The van der Waals surface area contributed by atoms with Gasteiger partial charge in [-0.2, -0.15) is 0 Å². The summed E-state index contributed by atoms with van der Waals surface area (Å²) in [7, 11) is 2.75. The molecule has 5 nitrogen and oxygen atoms in total. The zero-order chi connectivity index (χ0) is 13.0. The van der Waals surface area contributed by atoms with Crippen LogP contribution in [0.1, 0.15) is 18.0 Å². The molecule has 0 heterocycles. The summed E-state index contributed by atoms with van der Waals surface area (Å²) in [6, 6.07) is 2.73. The van der Waals surface area contributed by atoms with Gasteiger partial charge in [0.25, 0.3) is 0 Å². The first-order valence-corrected chi connectivity index (χ1v) is 5.67. The van der Waals surface area contributed by atoms with E-state index in [1.807, 2.05) is 0 Å². The number of phenols is 1. The van der Waals surface area contributed by atoms with E-state index in [2.05, 4.69) is 20.7 Å². The van der Waals surface area contributed by atoms with Gasteiger partial charge in [-0.1, -0.05) is 0 Å². The van der Waals surface area contributed by atoms with E-state index in [1.54, 1.807) is 12.1 Å². The number of halogens is 2. The summed E-state index contributed by atoms with van der Waals surface area (Å²) >= 11 is 3.19. The van der Waals surface area contributed by atoms with Crippen molar-refractivity contribution in [3.63, 3.8) is 0 Å². The zero-order valence-electron chi connectivity index (χ0n) is 9.97. The standard InChI is InChI=1S/C11H14BrNO4.ClH/c1-16-9-4-6(3-7(12)11(9)15)8(13)5-10(14)17-2;/h3-4,8,15H,5,13H2,1-2H3;1H/t8-;/m0./s1. The lowest BCUT2D eigenvalue weighted by atomic mass is 10.0. The highest BCUT2D eigenvalue weighted by Gasteiger charge is 2.16. The lowest BCUT2D eigenvalue weighted by molar-refractivity contribution is -0.141. The van der Waals surface area contributed by atoms with Crippen LogP contribution in [0.2, 0.25) is 0 Å². The van der Waals surface area contributed by atoms with Crippen molar-refractivity contribution in [2.75, 3.05) is 14.2 Å². The van der Waals surface area contributed by atoms with Gasteiger partial charge in [0.05, 0.1) is 25.1 Å². The number of nitrogens with two attached hydrogens (primary N) is 1. The summed E-state index contributed by atoms with van der Waals surface area (Å²) < 4.78 is 10.0. The predicted octanol–water partition coefficient (Wildman–Crippen LogP) is 2.15. The summed E-state index contributed by atoms with van der Waals surface area (Å²) in [6.07, 6.45) is 0.0663. The van der Waals surface area contributed by atoms with Gasteiger partial charge >= 0.3 is 5.97 Å². The largest absolute Gasteiger partial charge is 0.503 e. The van der Waals surface area contributed by atoms with Gasteiger partial charge < -0.3 is 20.3 Å². The normalized spacial score (nSPS) is 11.3. The Bertz CT molecular complexity index is 428. The maximum atomic E-state index is 11.1. The molecule has 18 heavy (non-hydrogen) atoms. The van der Waals surface area contributed by atoms with Gasteiger partial charge in [0.1, 0.15) is 0 Å². The third kappa shape index (κ3) is 4.04. The molecule has 0 unspecified atom stereocenters. The Hall–Kier alpha value is -0.980. The molecule has 1 aromatic carbocycles. The average molecular weight is 341 g/mol. The van der Waals surface area contributed by atoms with Crippen molar-refractivity contribution in [1.29, 1.82) is 0 Å². The van der Waals surface area contributed by atoms with Crippen LogP contribution in [0.25, 0.3) is 0 Å². The SMILES string of the molecule is COC(=O)C[C@H](N)c1cc(Br)c(O)c(OC)c1.Cl. The van der Waals surface area contributed by atoms with Gasteiger partial charge in [-0.25, -0.2) is 0 Å². The summed E-state index contributed by atoms with van der Waals surface area (Å²) in [6.45, 7) is 0. The molecule has 102 valence electrons. The Morgan fingerprint density at radius 2 is 2.11 bits per heavy atom. The number of hydrogen-bond donors (Lipinski definition) is 2. The molecule has 0 fully saturated rings. The minimum Gasteiger partial charge on any atom is -0.503 e. The van der Waals surface area contributed by atoms with Crippen LogP contribution in [0, 0.1) is 0 Å². The second-order valence-electron chi connectivity index (χ2n) is 3.44. The van der Waals surface area contributed by atoms with Gasteiger partial charge in [-0.15, -0.1) is 12.4 Å². The van der Waals surface area contributed by atoms with E-state index in [9.17, 15) is 9.90 Å². The number of hydrogen-bond acceptors (Lipinski definition) is 5. The molecular weight excluding hydrogens is 325 g/mol. The van der Waals surface area contributed by atoms with Crippen molar-refractivity contribution in [1.82, 2.24) is 0 Å². The van der Waals surface area contributed by atoms with E-state index in [0.717, 1.165) is 0 Å². The number of rotatable bonds is 4. The fourth-order valence-corrected chi connectivity index (χ4v) is 1.80. The number of benzene rings is 1. The van der Waals surface area contributed by atoms with Crippen LogP contribution < -0.4 is 10.5 Å². The van der Waals surface area contributed by atoms with Crippen LogP contribution in [0.3, 0.4) is 0 Å². The van der Waals surface area contributed by atoms with Crippen LogP contribution in [0.4, 0.5) is 0 Å². The Balaban J connectivity index is 0.00000289.